The molecule has 0 spiro atoms. The van der Waals surface area contributed by atoms with Crippen LogP contribution >= 0.6 is 0 Å². The lowest BCUT2D eigenvalue weighted by Gasteiger charge is -2.28. The Kier molecular flexibility index (Phi) is 7.74. The van der Waals surface area contributed by atoms with Gasteiger partial charge in [-0.2, -0.15) is 0 Å². The molecule has 0 fully saturated rings. The van der Waals surface area contributed by atoms with E-state index in [1.165, 1.54) is 13.4 Å². The van der Waals surface area contributed by atoms with Gasteiger partial charge in [-0.3, -0.25) is 9.69 Å². The van der Waals surface area contributed by atoms with Crippen LogP contribution in [0, 0.1) is 5.92 Å². The molecule has 0 aliphatic heterocycles. The molecular weight excluding hydrogens is 296 g/mol. The van der Waals surface area contributed by atoms with Crippen LogP contribution in [-0.4, -0.2) is 59.0 Å². The molecular formula is C16H28N4O3. The number of imidazole rings is 1. The second-order valence-electron chi connectivity index (χ2n) is 6.34. The molecule has 0 saturated carbocycles. The van der Waals surface area contributed by atoms with Gasteiger partial charge >= 0.3 is 5.97 Å². The predicted octanol–water partition coefficient (Wildman–Crippen LogP) is 0.976. The van der Waals surface area contributed by atoms with E-state index >= 15 is 0 Å². The number of aromatic nitrogens is 2. The molecule has 0 aliphatic carbocycles. The van der Waals surface area contributed by atoms with E-state index in [9.17, 15) is 9.59 Å². The largest absolute Gasteiger partial charge is 0.467 e. The number of aromatic amines is 1. The lowest BCUT2D eigenvalue weighted by Crippen LogP contribution is -2.49. The minimum atomic E-state index is -0.721. The highest BCUT2D eigenvalue weighted by molar-refractivity contribution is 5.85. The van der Waals surface area contributed by atoms with E-state index in [0.29, 0.717) is 12.3 Å². The second kappa shape index (κ2) is 9.29. The first-order valence-corrected chi connectivity index (χ1v) is 7.92. The smallest absolute Gasteiger partial charge is 0.328 e. The number of ether oxygens (including phenoxy) is 1. The third kappa shape index (κ3) is 6.81. The Morgan fingerprint density at radius 2 is 2.04 bits per heavy atom. The van der Waals surface area contributed by atoms with Crippen molar-refractivity contribution in [2.75, 3.05) is 20.2 Å². The number of H-pyrrole nitrogens is 1. The van der Waals surface area contributed by atoms with Crippen molar-refractivity contribution in [2.45, 2.75) is 46.2 Å². The van der Waals surface area contributed by atoms with E-state index in [0.717, 1.165) is 12.2 Å². The third-order valence-electron chi connectivity index (χ3n) is 3.48. The number of hydrogen-bond donors (Lipinski definition) is 2. The van der Waals surface area contributed by atoms with Crippen molar-refractivity contribution in [3.63, 3.8) is 0 Å². The average molecular weight is 324 g/mol. The molecule has 23 heavy (non-hydrogen) atoms. The molecule has 1 atom stereocenters. The predicted molar refractivity (Wildman–Crippen MR) is 87.8 cm³/mol. The van der Waals surface area contributed by atoms with E-state index in [2.05, 4.69) is 47.9 Å². The van der Waals surface area contributed by atoms with Crippen molar-refractivity contribution in [1.82, 2.24) is 20.2 Å². The highest BCUT2D eigenvalue weighted by atomic mass is 16.5. The monoisotopic (exact) mass is 324 g/mol. The van der Waals surface area contributed by atoms with Gasteiger partial charge in [0.1, 0.15) is 6.04 Å². The summed E-state index contributed by atoms with van der Waals surface area (Å²) in [6.45, 7) is 9.42. The summed E-state index contributed by atoms with van der Waals surface area (Å²) >= 11 is 0. The van der Waals surface area contributed by atoms with Crippen molar-refractivity contribution in [3.05, 3.63) is 18.2 Å². The Labute approximate surface area is 137 Å². The van der Waals surface area contributed by atoms with Gasteiger partial charge in [0.2, 0.25) is 5.91 Å². The van der Waals surface area contributed by atoms with Gasteiger partial charge in [0, 0.05) is 30.9 Å². The first-order valence-electron chi connectivity index (χ1n) is 7.92. The lowest BCUT2D eigenvalue weighted by molar-refractivity contribution is -0.145. The number of rotatable bonds is 9. The van der Waals surface area contributed by atoms with E-state index in [4.69, 9.17) is 4.74 Å². The van der Waals surface area contributed by atoms with Gasteiger partial charge in [0.25, 0.3) is 0 Å². The van der Waals surface area contributed by atoms with Crippen molar-refractivity contribution in [1.29, 1.82) is 0 Å². The molecule has 0 aromatic carbocycles. The number of nitrogens with zero attached hydrogens (tertiary/aromatic N) is 2. The number of amides is 1. The van der Waals surface area contributed by atoms with Crippen LogP contribution in [0.4, 0.5) is 0 Å². The maximum atomic E-state index is 12.3. The Morgan fingerprint density at radius 1 is 1.35 bits per heavy atom. The maximum Gasteiger partial charge on any atom is 0.328 e. The standard InChI is InChI=1S/C16H28N4O3/c1-11(2)8-20(12(3)4)9-15(21)19-14(16(22)23-5)6-13-7-17-10-18-13/h7,10-12,14H,6,8-9H2,1-5H3,(H,17,18)(H,19,21)/t14-/m0/s1. The molecule has 7 nitrogen and oxygen atoms in total. The number of carbonyl (C=O) groups is 2. The molecule has 0 bridgehead atoms. The van der Waals surface area contributed by atoms with E-state index in [1.807, 2.05) is 0 Å². The SMILES string of the molecule is COC(=O)[C@H](Cc1cnc[nH]1)NC(=O)CN(CC(C)C)C(C)C. The first kappa shape index (κ1) is 19.2. The van der Waals surface area contributed by atoms with E-state index < -0.39 is 12.0 Å². The zero-order chi connectivity index (χ0) is 17.4. The third-order valence-corrected chi connectivity index (χ3v) is 3.48. The molecule has 1 heterocycles. The highest BCUT2D eigenvalue weighted by Gasteiger charge is 2.24. The van der Waals surface area contributed by atoms with Crippen molar-refractivity contribution in [2.24, 2.45) is 5.92 Å². The number of carbonyl (C=O) groups excluding carboxylic acids is 2. The quantitative estimate of drug-likeness (QED) is 0.661. The molecule has 1 aromatic heterocycles. The van der Waals surface area contributed by atoms with E-state index in [-0.39, 0.29) is 18.5 Å². The van der Waals surface area contributed by atoms with Gasteiger partial charge in [0.15, 0.2) is 0 Å². The molecule has 1 amide bonds. The maximum absolute atomic E-state index is 12.3. The van der Waals surface area contributed by atoms with Crippen LogP contribution in [0.5, 0.6) is 0 Å². The molecule has 1 aromatic rings. The fraction of sp³-hybridized carbons (Fsp3) is 0.688. The first-order chi connectivity index (χ1) is 10.8. The molecule has 130 valence electrons. The molecule has 7 heteroatoms. The summed E-state index contributed by atoms with van der Waals surface area (Å²) in [5.74, 6) is -0.186. The van der Waals surface area contributed by atoms with Gasteiger partial charge in [-0.05, 0) is 19.8 Å². The highest BCUT2D eigenvalue weighted by Crippen LogP contribution is 2.05. The van der Waals surface area contributed by atoms with Crippen molar-refractivity contribution < 1.29 is 14.3 Å². The summed E-state index contributed by atoms with van der Waals surface area (Å²) in [5, 5.41) is 2.76. The normalized spacial score (nSPS) is 12.7. The Morgan fingerprint density at radius 3 is 2.52 bits per heavy atom. The topological polar surface area (TPSA) is 87.3 Å². The Balaban J connectivity index is 2.66. The van der Waals surface area contributed by atoms with Gasteiger partial charge in [0.05, 0.1) is 20.0 Å². The number of nitrogens with one attached hydrogen (secondary N) is 2. The second-order valence-corrected chi connectivity index (χ2v) is 6.34. The van der Waals surface area contributed by atoms with Crippen LogP contribution in [0.3, 0.4) is 0 Å². The molecule has 0 radical (unpaired) electrons. The lowest BCUT2D eigenvalue weighted by atomic mass is 10.1. The van der Waals surface area contributed by atoms with Crippen molar-refractivity contribution >= 4 is 11.9 Å². The van der Waals surface area contributed by atoms with Gasteiger partial charge in [-0.25, -0.2) is 9.78 Å². The number of esters is 1. The van der Waals surface area contributed by atoms with Gasteiger partial charge < -0.3 is 15.0 Å². The Bertz CT molecular complexity index is 486. The molecule has 0 unspecified atom stereocenters. The Hall–Kier alpha value is -1.89. The molecule has 0 saturated heterocycles. The molecule has 2 N–H and O–H groups in total. The zero-order valence-corrected chi connectivity index (χ0v) is 14.6. The summed E-state index contributed by atoms with van der Waals surface area (Å²) in [4.78, 5) is 33.1. The van der Waals surface area contributed by atoms with Crippen LogP contribution in [0.1, 0.15) is 33.4 Å². The number of hydrogen-bond acceptors (Lipinski definition) is 5. The van der Waals surface area contributed by atoms with Gasteiger partial charge in [-0.1, -0.05) is 13.8 Å². The minimum Gasteiger partial charge on any atom is -0.467 e. The van der Waals surface area contributed by atoms with Crippen LogP contribution in [0.2, 0.25) is 0 Å². The van der Waals surface area contributed by atoms with Crippen LogP contribution in [-0.2, 0) is 20.7 Å². The summed E-state index contributed by atoms with van der Waals surface area (Å²) < 4.78 is 4.78. The fourth-order valence-electron chi connectivity index (χ4n) is 2.30. The molecule has 1 rings (SSSR count). The van der Waals surface area contributed by atoms with E-state index in [1.54, 1.807) is 6.20 Å². The van der Waals surface area contributed by atoms with Crippen LogP contribution in [0.15, 0.2) is 12.5 Å². The molecule has 0 aliphatic rings. The average Bonchev–Trinajstić information content (AvgIpc) is 2.97. The zero-order valence-electron chi connectivity index (χ0n) is 14.6. The van der Waals surface area contributed by atoms with Crippen molar-refractivity contribution in [3.8, 4) is 0 Å². The fourth-order valence-corrected chi connectivity index (χ4v) is 2.30. The minimum absolute atomic E-state index is 0.186. The summed E-state index contributed by atoms with van der Waals surface area (Å²) in [5.41, 5.74) is 0.767. The van der Waals surface area contributed by atoms with Gasteiger partial charge in [-0.15, -0.1) is 0 Å². The number of methoxy groups -OCH3 is 1. The summed E-state index contributed by atoms with van der Waals surface area (Å²) in [7, 11) is 1.31. The summed E-state index contributed by atoms with van der Waals surface area (Å²) in [6.07, 6.45) is 3.49. The van der Waals surface area contributed by atoms with Crippen LogP contribution < -0.4 is 5.32 Å². The van der Waals surface area contributed by atoms with Crippen LogP contribution in [0.25, 0.3) is 0 Å². The summed E-state index contributed by atoms with van der Waals surface area (Å²) in [6, 6.07) is -0.464.